The molecule has 21 heavy (non-hydrogen) atoms. The molecule has 0 atom stereocenters. The van der Waals surface area contributed by atoms with Crippen LogP contribution >= 0.6 is 0 Å². The van der Waals surface area contributed by atoms with Crippen molar-refractivity contribution in [1.29, 1.82) is 5.26 Å². The van der Waals surface area contributed by atoms with E-state index in [1.165, 1.54) is 0 Å². The third-order valence-electron chi connectivity index (χ3n) is 2.89. The summed E-state index contributed by atoms with van der Waals surface area (Å²) in [6, 6.07) is 17.9. The van der Waals surface area contributed by atoms with Crippen molar-refractivity contribution in [3.05, 3.63) is 65.7 Å². The predicted octanol–water partition coefficient (Wildman–Crippen LogP) is 3.03. The number of para-hydroxylation sites is 1. The Morgan fingerprint density at radius 1 is 1.05 bits per heavy atom. The average Bonchev–Trinajstić information content (AvgIpc) is 2.53. The van der Waals surface area contributed by atoms with Gasteiger partial charge < -0.3 is 4.90 Å². The molecule has 0 radical (unpaired) electrons. The van der Waals surface area contributed by atoms with Crippen molar-refractivity contribution >= 4 is 17.3 Å². The lowest BCUT2D eigenvalue weighted by atomic mass is 10.1. The topological polar surface area (TPSA) is 56.5 Å². The molecule has 0 amide bonds. The van der Waals surface area contributed by atoms with Crippen molar-refractivity contribution < 1.29 is 4.79 Å². The van der Waals surface area contributed by atoms with Crippen LogP contribution in [0.1, 0.15) is 15.9 Å². The first kappa shape index (κ1) is 14.5. The largest absolute Gasteiger partial charge is 0.359 e. The lowest BCUT2D eigenvalue weighted by Crippen LogP contribution is -2.30. The third-order valence-corrected chi connectivity index (χ3v) is 2.89. The normalized spacial score (nSPS) is 10.8. The molecule has 0 aromatic heterocycles. The average molecular weight is 277 g/mol. The van der Waals surface area contributed by atoms with Crippen LogP contribution in [-0.2, 0) is 0 Å². The van der Waals surface area contributed by atoms with E-state index in [0.717, 1.165) is 5.69 Å². The summed E-state index contributed by atoms with van der Waals surface area (Å²) in [7, 11) is 3.56. The highest BCUT2D eigenvalue weighted by Gasteiger charge is 2.16. The first-order valence-electron chi connectivity index (χ1n) is 6.48. The third kappa shape index (κ3) is 3.54. The molecule has 0 saturated carbocycles. The standard InChI is InChI=1S/C17H15N3O/c1-20(2)17(19-15-6-4-3-5-7-15)16(21)14-10-8-13(12-18)9-11-14/h3-11H,1-2H3. The molecule has 0 aliphatic heterocycles. The molecular weight excluding hydrogens is 262 g/mol. The van der Waals surface area contributed by atoms with Gasteiger partial charge >= 0.3 is 0 Å². The van der Waals surface area contributed by atoms with Gasteiger partial charge in [-0.25, -0.2) is 4.99 Å². The smallest absolute Gasteiger partial charge is 0.228 e. The van der Waals surface area contributed by atoms with Gasteiger partial charge in [0, 0.05) is 19.7 Å². The molecule has 2 aromatic carbocycles. The maximum atomic E-state index is 12.5. The molecule has 4 nitrogen and oxygen atoms in total. The van der Waals surface area contributed by atoms with Gasteiger partial charge in [0.2, 0.25) is 5.78 Å². The fourth-order valence-corrected chi connectivity index (χ4v) is 1.80. The molecule has 0 heterocycles. The number of hydrogen-bond acceptors (Lipinski definition) is 3. The second-order valence-corrected chi connectivity index (χ2v) is 4.68. The molecule has 0 spiro atoms. The molecule has 0 aliphatic carbocycles. The highest BCUT2D eigenvalue weighted by molar-refractivity contribution is 6.45. The van der Waals surface area contributed by atoms with Crippen LogP contribution in [0.2, 0.25) is 0 Å². The van der Waals surface area contributed by atoms with Gasteiger partial charge in [-0.15, -0.1) is 0 Å². The van der Waals surface area contributed by atoms with E-state index in [1.807, 2.05) is 36.4 Å². The molecule has 0 aliphatic rings. The zero-order valence-electron chi connectivity index (χ0n) is 11.9. The number of Topliss-reactive ketones (excluding diaryl/α,β-unsaturated/α-hetero) is 1. The number of ketones is 1. The summed E-state index contributed by atoms with van der Waals surface area (Å²) in [6.07, 6.45) is 0. The Bertz CT molecular complexity index is 695. The monoisotopic (exact) mass is 277 g/mol. The summed E-state index contributed by atoms with van der Waals surface area (Å²) in [5.41, 5.74) is 1.76. The van der Waals surface area contributed by atoms with Crippen LogP contribution in [0.3, 0.4) is 0 Å². The Labute approximate surface area is 124 Å². The first-order chi connectivity index (χ1) is 10.1. The van der Waals surface area contributed by atoms with Crippen LogP contribution in [0.5, 0.6) is 0 Å². The summed E-state index contributed by atoms with van der Waals surface area (Å²) in [5.74, 6) is 0.180. The van der Waals surface area contributed by atoms with E-state index in [9.17, 15) is 4.79 Å². The first-order valence-corrected chi connectivity index (χ1v) is 6.48. The van der Waals surface area contributed by atoms with Crippen LogP contribution in [0.25, 0.3) is 0 Å². The zero-order chi connectivity index (χ0) is 15.2. The van der Waals surface area contributed by atoms with E-state index in [-0.39, 0.29) is 5.78 Å². The predicted molar refractivity (Wildman–Crippen MR) is 82.7 cm³/mol. The minimum Gasteiger partial charge on any atom is -0.359 e. The number of rotatable bonds is 3. The SMILES string of the molecule is CN(C)C(=Nc1ccccc1)C(=O)c1ccc(C#N)cc1. The molecule has 104 valence electrons. The van der Waals surface area contributed by atoms with Gasteiger partial charge in [0.25, 0.3) is 0 Å². The van der Waals surface area contributed by atoms with Crippen LogP contribution < -0.4 is 0 Å². The lowest BCUT2D eigenvalue weighted by Gasteiger charge is -2.14. The van der Waals surface area contributed by atoms with Crippen LogP contribution in [0.15, 0.2) is 59.6 Å². The number of amidine groups is 1. The van der Waals surface area contributed by atoms with Crippen LogP contribution in [0, 0.1) is 11.3 Å². The van der Waals surface area contributed by atoms with E-state index < -0.39 is 0 Å². The van der Waals surface area contributed by atoms with Crippen LogP contribution in [0.4, 0.5) is 5.69 Å². The van der Waals surface area contributed by atoms with Crippen molar-refractivity contribution in [3.63, 3.8) is 0 Å². The summed E-state index contributed by atoms with van der Waals surface area (Å²) >= 11 is 0. The van der Waals surface area contributed by atoms with E-state index in [1.54, 1.807) is 43.3 Å². The van der Waals surface area contributed by atoms with Gasteiger partial charge in [-0.2, -0.15) is 5.26 Å². The highest BCUT2D eigenvalue weighted by Crippen LogP contribution is 2.13. The fourth-order valence-electron chi connectivity index (χ4n) is 1.80. The van der Waals surface area contributed by atoms with E-state index >= 15 is 0 Å². The van der Waals surface area contributed by atoms with Crippen molar-refractivity contribution in [1.82, 2.24) is 4.90 Å². The number of nitrogens with zero attached hydrogens (tertiary/aromatic N) is 3. The van der Waals surface area contributed by atoms with Crippen molar-refractivity contribution in [2.24, 2.45) is 4.99 Å². The minimum atomic E-state index is -0.173. The van der Waals surface area contributed by atoms with Gasteiger partial charge in [0.05, 0.1) is 17.3 Å². The molecule has 2 aromatic rings. The Kier molecular flexibility index (Phi) is 4.47. The molecule has 4 heteroatoms. The summed E-state index contributed by atoms with van der Waals surface area (Å²) < 4.78 is 0. The van der Waals surface area contributed by atoms with E-state index in [0.29, 0.717) is 17.0 Å². The Morgan fingerprint density at radius 3 is 2.19 bits per heavy atom. The number of hydrogen-bond donors (Lipinski definition) is 0. The van der Waals surface area contributed by atoms with E-state index in [4.69, 9.17) is 5.26 Å². The maximum Gasteiger partial charge on any atom is 0.228 e. The number of likely N-dealkylation sites (N-methyl/N-ethyl adjacent to an activating group) is 1. The number of carbonyl (C=O) groups excluding carboxylic acids is 1. The number of carbonyl (C=O) groups is 1. The Balaban J connectivity index is 2.36. The number of nitriles is 1. The number of aliphatic imine (C=N–C) groups is 1. The van der Waals surface area contributed by atoms with Crippen molar-refractivity contribution in [2.75, 3.05) is 14.1 Å². The Hall–Kier alpha value is -2.93. The van der Waals surface area contributed by atoms with Gasteiger partial charge in [-0.05, 0) is 36.4 Å². The Morgan fingerprint density at radius 2 is 1.67 bits per heavy atom. The van der Waals surface area contributed by atoms with Gasteiger partial charge in [0.15, 0.2) is 5.84 Å². The second kappa shape index (κ2) is 6.49. The second-order valence-electron chi connectivity index (χ2n) is 4.68. The number of benzene rings is 2. The molecule has 0 N–H and O–H groups in total. The molecule has 2 rings (SSSR count). The van der Waals surface area contributed by atoms with Gasteiger partial charge in [-0.3, -0.25) is 4.79 Å². The molecule has 0 unspecified atom stereocenters. The molecule has 0 bridgehead atoms. The fraction of sp³-hybridized carbons (Fsp3) is 0.118. The lowest BCUT2D eigenvalue weighted by molar-refractivity contribution is 0.105. The summed E-state index contributed by atoms with van der Waals surface area (Å²) in [6.45, 7) is 0. The minimum absolute atomic E-state index is 0.173. The molecule has 0 fully saturated rings. The van der Waals surface area contributed by atoms with Crippen LogP contribution in [-0.4, -0.2) is 30.6 Å². The summed E-state index contributed by atoms with van der Waals surface area (Å²) in [4.78, 5) is 18.6. The van der Waals surface area contributed by atoms with Crippen molar-refractivity contribution in [2.45, 2.75) is 0 Å². The van der Waals surface area contributed by atoms with Gasteiger partial charge in [0.1, 0.15) is 0 Å². The molecular formula is C17H15N3O. The zero-order valence-corrected chi connectivity index (χ0v) is 11.9. The van der Waals surface area contributed by atoms with Gasteiger partial charge in [-0.1, -0.05) is 18.2 Å². The molecule has 0 saturated heterocycles. The van der Waals surface area contributed by atoms with E-state index in [2.05, 4.69) is 4.99 Å². The maximum absolute atomic E-state index is 12.5. The van der Waals surface area contributed by atoms with Crippen molar-refractivity contribution in [3.8, 4) is 6.07 Å². The quantitative estimate of drug-likeness (QED) is 0.492. The summed E-state index contributed by atoms with van der Waals surface area (Å²) in [5, 5.41) is 8.79. The highest BCUT2D eigenvalue weighted by atomic mass is 16.1.